The number of H-pyrrole nitrogens is 1. The van der Waals surface area contributed by atoms with Crippen molar-refractivity contribution in [1.82, 2.24) is 24.7 Å². The number of rotatable bonds is 12. The largest absolute Gasteiger partial charge is 0.445 e. The fraction of sp³-hybridized carbons (Fsp3) is 0.320. The predicted octanol–water partition coefficient (Wildman–Crippen LogP) is 7.17. The molecule has 3 amide bonds. The van der Waals surface area contributed by atoms with E-state index in [9.17, 15) is 24.3 Å². The first-order chi connectivity index (χ1) is 30.7. The van der Waals surface area contributed by atoms with Gasteiger partial charge in [0.15, 0.2) is 6.29 Å². The first-order valence-electron chi connectivity index (χ1n) is 21.6. The lowest BCUT2D eigenvalue weighted by molar-refractivity contribution is -0.276. The number of nitrogens with one attached hydrogen (secondary N) is 2. The molecule has 13 heteroatoms. The number of aromatic amines is 1. The van der Waals surface area contributed by atoms with Gasteiger partial charge in [-0.05, 0) is 64.4 Å². The highest BCUT2D eigenvalue weighted by Crippen LogP contribution is 2.42. The van der Waals surface area contributed by atoms with Crippen LogP contribution in [-0.2, 0) is 43.6 Å². The number of aliphatic hydroxyl groups excluding tert-OH is 1. The van der Waals surface area contributed by atoms with E-state index >= 15 is 0 Å². The van der Waals surface area contributed by atoms with Crippen LogP contribution in [0.15, 0.2) is 132 Å². The predicted molar refractivity (Wildman–Crippen MR) is 236 cm³/mol. The number of hydrogen-bond donors (Lipinski definition) is 3. The molecule has 6 aromatic rings. The van der Waals surface area contributed by atoms with Gasteiger partial charge < -0.3 is 34.5 Å². The maximum Gasteiger partial charge on any atom is 0.408 e. The molecule has 13 nitrogen and oxygen atoms in total. The van der Waals surface area contributed by atoms with Gasteiger partial charge in [-0.3, -0.25) is 19.1 Å². The van der Waals surface area contributed by atoms with Crippen LogP contribution in [0.2, 0.25) is 0 Å². The summed E-state index contributed by atoms with van der Waals surface area (Å²) in [5.74, 6) is -0.815. The number of para-hydroxylation sites is 2. The van der Waals surface area contributed by atoms with Crippen molar-refractivity contribution in [2.24, 2.45) is 5.92 Å². The average Bonchev–Trinajstić information content (AvgIpc) is 3.79. The molecule has 0 spiro atoms. The molecule has 9 rings (SSSR count). The zero-order valence-corrected chi connectivity index (χ0v) is 35.1. The molecule has 3 aliphatic heterocycles. The molecule has 1 unspecified atom stereocenters. The van der Waals surface area contributed by atoms with E-state index < -0.39 is 24.3 Å². The quantitative estimate of drug-likeness (QED) is 0.109. The van der Waals surface area contributed by atoms with Crippen LogP contribution in [0.25, 0.3) is 22.2 Å². The van der Waals surface area contributed by atoms with E-state index in [1.54, 1.807) is 0 Å². The standard InChI is InChI=1S/C50H51N5O8/c1-32-44(29-53-24-22-40(23-25-53)55-43-13-6-5-12-41(43)51-49(55)59)62-48(63-46(32)37-16-14-33(30-56)15-17-37)38-20-18-36(19-21-38)39-11-7-10-35(26-39)28-54-45(57)27-42(47(54)58)52-50(60)61-31-34-8-3-2-4-9-34/h2-21,26,32,40,42,44,46,48,56H,22-25,27-31H2,1H3,(H,51,59)(H,52,60)/t32-,42?,44+,46+,48+/m1/s1. The number of imidazole rings is 1. The van der Waals surface area contributed by atoms with Gasteiger partial charge in [-0.25, -0.2) is 9.59 Å². The van der Waals surface area contributed by atoms with Gasteiger partial charge >= 0.3 is 11.8 Å². The molecule has 0 aliphatic carbocycles. The van der Waals surface area contributed by atoms with Crippen molar-refractivity contribution in [1.29, 1.82) is 0 Å². The minimum Gasteiger partial charge on any atom is -0.445 e. The second kappa shape index (κ2) is 18.5. The van der Waals surface area contributed by atoms with Crippen LogP contribution in [0.4, 0.5) is 4.79 Å². The number of piperidine rings is 1. The number of nitrogens with zero attached hydrogens (tertiary/aromatic N) is 3. The molecule has 3 aliphatic rings. The monoisotopic (exact) mass is 849 g/mol. The highest BCUT2D eigenvalue weighted by atomic mass is 16.7. The molecule has 4 heterocycles. The van der Waals surface area contributed by atoms with Crippen molar-refractivity contribution in [3.05, 3.63) is 166 Å². The highest BCUT2D eigenvalue weighted by Gasteiger charge is 2.41. The zero-order chi connectivity index (χ0) is 43.5. The van der Waals surface area contributed by atoms with E-state index in [-0.39, 0.29) is 61.9 Å². The third-order valence-electron chi connectivity index (χ3n) is 12.6. The van der Waals surface area contributed by atoms with Crippen LogP contribution in [0, 0.1) is 5.92 Å². The normalized spacial score (nSPS) is 22.1. The second-order valence-electron chi connectivity index (χ2n) is 16.8. The van der Waals surface area contributed by atoms with Crippen LogP contribution >= 0.6 is 0 Å². The molecule has 324 valence electrons. The number of alkyl carbamates (subject to hydrolysis) is 1. The van der Waals surface area contributed by atoms with E-state index in [1.165, 1.54) is 4.90 Å². The van der Waals surface area contributed by atoms with Crippen LogP contribution < -0.4 is 11.0 Å². The van der Waals surface area contributed by atoms with Crippen molar-refractivity contribution in [3.8, 4) is 11.1 Å². The lowest BCUT2D eigenvalue weighted by Crippen LogP contribution is -2.47. The Balaban J connectivity index is 0.860. The molecule has 5 atom stereocenters. The molecule has 3 fully saturated rings. The Bertz CT molecular complexity index is 2620. The second-order valence-corrected chi connectivity index (χ2v) is 16.8. The molecule has 0 saturated carbocycles. The van der Waals surface area contributed by atoms with Gasteiger partial charge in [-0.2, -0.15) is 0 Å². The number of likely N-dealkylation sites (tertiary alicyclic amines) is 2. The Hall–Kier alpha value is -6.38. The maximum atomic E-state index is 13.3. The van der Waals surface area contributed by atoms with Crippen LogP contribution in [0.1, 0.15) is 72.4 Å². The number of imide groups is 1. The zero-order valence-electron chi connectivity index (χ0n) is 35.1. The minimum absolute atomic E-state index is 0.0195. The minimum atomic E-state index is -0.988. The van der Waals surface area contributed by atoms with E-state index in [1.807, 2.05) is 132 Å². The van der Waals surface area contributed by atoms with E-state index in [0.717, 1.165) is 75.9 Å². The van der Waals surface area contributed by atoms with Gasteiger partial charge in [0, 0.05) is 37.2 Å². The van der Waals surface area contributed by atoms with E-state index in [4.69, 9.17) is 14.2 Å². The number of carbonyl (C=O) groups excluding carboxylic acids is 3. The first kappa shape index (κ1) is 41.9. The summed E-state index contributed by atoms with van der Waals surface area (Å²) < 4.78 is 20.8. The third kappa shape index (κ3) is 9.23. The molecule has 5 aromatic carbocycles. The first-order valence-corrected chi connectivity index (χ1v) is 21.6. The summed E-state index contributed by atoms with van der Waals surface area (Å²) in [4.78, 5) is 58.3. The number of carbonyl (C=O) groups is 3. The van der Waals surface area contributed by atoms with Crippen molar-refractivity contribution in [2.75, 3.05) is 19.6 Å². The number of aromatic nitrogens is 2. The maximum absolute atomic E-state index is 13.3. The number of hydrogen-bond acceptors (Lipinski definition) is 9. The van der Waals surface area contributed by atoms with E-state index in [0.29, 0.717) is 6.54 Å². The van der Waals surface area contributed by atoms with Crippen LogP contribution in [0.3, 0.4) is 0 Å². The van der Waals surface area contributed by atoms with Gasteiger partial charge in [0.25, 0.3) is 5.91 Å². The molecule has 0 bridgehead atoms. The molecular weight excluding hydrogens is 799 g/mol. The van der Waals surface area contributed by atoms with Gasteiger partial charge in [-0.1, -0.05) is 116 Å². The Labute approximate surface area is 365 Å². The lowest BCUT2D eigenvalue weighted by Gasteiger charge is -2.44. The van der Waals surface area contributed by atoms with Gasteiger partial charge in [0.2, 0.25) is 5.91 Å². The summed E-state index contributed by atoms with van der Waals surface area (Å²) in [6.45, 7) is 4.64. The van der Waals surface area contributed by atoms with Crippen molar-refractivity contribution >= 4 is 28.9 Å². The lowest BCUT2D eigenvalue weighted by atomic mass is 9.89. The van der Waals surface area contributed by atoms with Crippen LogP contribution in [0.5, 0.6) is 0 Å². The smallest absolute Gasteiger partial charge is 0.408 e. The third-order valence-corrected chi connectivity index (χ3v) is 12.6. The Morgan fingerprint density at radius 3 is 2.27 bits per heavy atom. The summed E-state index contributed by atoms with van der Waals surface area (Å²) in [5.41, 5.74) is 7.89. The number of ether oxygens (including phenoxy) is 3. The van der Waals surface area contributed by atoms with E-state index in [2.05, 4.69) is 22.1 Å². The molecule has 0 radical (unpaired) electrons. The topological polar surface area (TPSA) is 155 Å². The molecule has 3 N–H and O–H groups in total. The SMILES string of the molecule is C[C@@H]1[C@H](CN2CCC(n3c(=O)[nH]c4ccccc43)CC2)O[C@H](c2ccc(-c3cccc(CN4C(=O)CC(NC(=O)OCc5ccccc5)C4=O)c3)cc2)O[C@@H]1c1ccc(CO)cc1. The fourth-order valence-electron chi connectivity index (χ4n) is 9.11. The number of fused-ring (bicyclic) bond motifs is 1. The molecule has 1 aromatic heterocycles. The fourth-order valence-corrected chi connectivity index (χ4v) is 9.11. The van der Waals surface area contributed by atoms with Crippen molar-refractivity contribution in [3.63, 3.8) is 0 Å². The highest BCUT2D eigenvalue weighted by molar-refractivity contribution is 6.06. The number of amides is 3. The van der Waals surface area contributed by atoms with Crippen molar-refractivity contribution in [2.45, 2.75) is 76.5 Å². The van der Waals surface area contributed by atoms with Gasteiger partial charge in [0.05, 0.1) is 42.8 Å². The summed E-state index contributed by atoms with van der Waals surface area (Å²) in [7, 11) is 0. The Morgan fingerprint density at radius 2 is 1.51 bits per heavy atom. The average molecular weight is 850 g/mol. The Kier molecular flexibility index (Phi) is 12.3. The number of aliphatic hydroxyl groups is 1. The molecular formula is C50H51N5O8. The number of benzene rings is 5. The van der Waals surface area contributed by atoms with Crippen LogP contribution in [-0.4, -0.2) is 74.1 Å². The summed E-state index contributed by atoms with van der Waals surface area (Å²) in [5, 5.41) is 12.3. The molecule has 3 saturated heterocycles. The summed E-state index contributed by atoms with van der Waals surface area (Å²) in [6.07, 6.45) is -0.228. The van der Waals surface area contributed by atoms with Gasteiger partial charge in [-0.15, -0.1) is 0 Å². The molecule has 63 heavy (non-hydrogen) atoms. The van der Waals surface area contributed by atoms with Gasteiger partial charge in [0.1, 0.15) is 12.6 Å². The van der Waals surface area contributed by atoms with Crippen molar-refractivity contribution < 1.29 is 33.7 Å². The Morgan fingerprint density at radius 1 is 0.794 bits per heavy atom. The summed E-state index contributed by atoms with van der Waals surface area (Å²) >= 11 is 0. The summed E-state index contributed by atoms with van der Waals surface area (Å²) in [6, 6.07) is 39.9.